The lowest BCUT2D eigenvalue weighted by molar-refractivity contribution is -0.167. The minimum absolute atomic E-state index is 0.0630. The topological polar surface area (TPSA) is 78.9 Å². The molecule has 0 rings (SSSR count). The molecule has 0 aromatic carbocycles. The summed E-state index contributed by atoms with van der Waals surface area (Å²) in [6.07, 6.45) is 55.3. The average molecular weight is 920 g/mol. The van der Waals surface area contributed by atoms with Crippen molar-refractivity contribution in [2.24, 2.45) is 11.8 Å². The Labute approximate surface area is 406 Å². The molecule has 0 aliphatic carbocycles. The van der Waals surface area contributed by atoms with Crippen molar-refractivity contribution < 1.29 is 28.6 Å². The normalized spacial score (nSPS) is 12.5. The zero-order valence-corrected chi connectivity index (χ0v) is 44.6. The third-order valence-electron chi connectivity index (χ3n) is 13.8. The molecule has 386 valence electrons. The van der Waals surface area contributed by atoms with E-state index in [-0.39, 0.29) is 31.1 Å². The van der Waals surface area contributed by atoms with Crippen LogP contribution in [0.5, 0.6) is 0 Å². The Kier molecular flexibility index (Phi) is 50.5. The van der Waals surface area contributed by atoms with E-state index >= 15 is 0 Å². The molecule has 0 spiro atoms. The molecule has 0 amide bonds. The van der Waals surface area contributed by atoms with Crippen LogP contribution < -0.4 is 0 Å². The second-order valence-corrected chi connectivity index (χ2v) is 21.0. The second-order valence-electron chi connectivity index (χ2n) is 21.0. The fourth-order valence-corrected chi connectivity index (χ4v) is 9.02. The van der Waals surface area contributed by atoms with Crippen LogP contribution in [0.15, 0.2) is 0 Å². The van der Waals surface area contributed by atoms with Gasteiger partial charge in [0.2, 0.25) is 0 Å². The molecule has 0 aliphatic heterocycles. The summed E-state index contributed by atoms with van der Waals surface area (Å²) in [5.41, 5.74) is 0. The van der Waals surface area contributed by atoms with Gasteiger partial charge in [-0.25, -0.2) is 0 Å². The Morgan fingerprint density at radius 1 is 0.323 bits per heavy atom. The van der Waals surface area contributed by atoms with Crippen molar-refractivity contribution in [2.75, 3.05) is 13.2 Å². The minimum Gasteiger partial charge on any atom is -0.462 e. The molecule has 0 aromatic rings. The SMILES string of the molecule is CCCCCCCCCCCCCCCCC(=O)O[C@H](COC(=O)CCCCCCCCCCCCCCCCCCCCC(C)CC)COC(=O)CCCCCCCCCCC(C)C. The Morgan fingerprint density at radius 3 is 0.877 bits per heavy atom. The summed E-state index contributed by atoms with van der Waals surface area (Å²) in [4.78, 5) is 38.1. The molecule has 6 nitrogen and oxygen atoms in total. The van der Waals surface area contributed by atoms with E-state index in [4.69, 9.17) is 14.2 Å². The van der Waals surface area contributed by atoms with Gasteiger partial charge in [0.1, 0.15) is 13.2 Å². The van der Waals surface area contributed by atoms with Gasteiger partial charge in [0, 0.05) is 19.3 Å². The highest BCUT2D eigenvalue weighted by Crippen LogP contribution is 2.19. The third kappa shape index (κ3) is 51.6. The maximum atomic E-state index is 12.8. The molecule has 1 unspecified atom stereocenters. The highest BCUT2D eigenvalue weighted by molar-refractivity contribution is 5.71. The Bertz CT molecular complexity index is 995. The Balaban J connectivity index is 4.20. The lowest BCUT2D eigenvalue weighted by Gasteiger charge is -2.18. The molecular formula is C59H114O6. The largest absolute Gasteiger partial charge is 0.462 e. The summed E-state index contributed by atoms with van der Waals surface area (Å²) in [5, 5.41) is 0. The smallest absolute Gasteiger partial charge is 0.306 e. The number of carbonyl (C=O) groups is 3. The van der Waals surface area contributed by atoms with Crippen LogP contribution in [0.2, 0.25) is 0 Å². The molecule has 0 saturated carbocycles. The maximum Gasteiger partial charge on any atom is 0.306 e. The molecule has 0 fully saturated rings. The van der Waals surface area contributed by atoms with Gasteiger partial charge < -0.3 is 14.2 Å². The highest BCUT2D eigenvalue weighted by atomic mass is 16.6. The number of unbranched alkanes of at least 4 members (excludes halogenated alkanes) is 37. The van der Waals surface area contributed by atoms with Crippen molar-refractivity contribution in [1.29, 1.82) is 0 Å². The van der Waals surface area contributed by atoms with E-state index in [1.807, 2.05) is 0 Å². The molecular weight excluding hydrogens is 805 g/mol. The summed E-state index contributed by atoms with van der Waals surface area (Å²) < 4.78 is 16.9. The molecule has 0 heterocycles. The van der Waals surface area contributed by atoms with Gasteiger partial charge in [-0.15, -0.1) is 0 Å². The lowest BCUT2D eigenvalue weighted by Crippen LogP contribution is -2.30. The Hall–Kier alpha value is -1.59. The van der Waals surface area contributed by atoms with Crippen LogP contribution in [0.4, 0.5) is 0 Å². The maximum absolute atomic E-state index is 12.8. The number of hydrogen-bond acceptors (Lipinski definition) is 6. The number of esters is 3. The predicted molar refractivity (Wildman–Crippen MR) is 280 cm³/mol. The number of rotatable bonds is 53. The molecule has 6 heteroatoms. The predicted octanol–water partition coefficient (Wildman–Crippen LogP) is 19.3. The number of ether oxygens (including phenoxy) is 3. The van der Waals surface area contributed by atoms with E-state index in [2.05, 4.69) is 34.6 Å². The zero-order valence-electron chi connectivity index (χ0n) is 44.6. The van der Waals surface area contributed by atoms with Crippen LogP contribution in [0.3, 0.4) is 0 Å². The molecule has 0 saturated heterocycles. The molecule has 2 atom stereocenters. The third-order valence-corrected chi connectivity index (χ3v) is 13.8. The summed E-state index contributed by atoms with van der Waals surface area (Å²) in [5.74, 6) is 0.865. The first kappa shape index (κ1) is 63.4. The van der Waals surface area contributed by atoms with Gasteiger partial charge in [0.25, 0.3) is 0 Å². The van der Waals surface area contributed by atoms with Crippen LogP contribution in [-0.2, 0) is 28.6 Å². The first-order chi connectivity index (χ1) is 31.8. The Morgan fingerprint density at radius 2 is 0.585 bits per heavy atom. The van der Waals surface area contributed by atoms with Crippen molar-refractivity contribution in [3.8, 4) is 0 Å². The summed E-state index contributed by atoms with van der Waals surface area (Å²) in [7, 11) is 0. The van der Waals surface area contributed by atoms with E-state index in [9.17, 15) is 14.4 Å². The van der Waals surface area contributed by atoms with Crippen molar-refractivity contribution >= 4 is 17.9 Å². The monoisotopic (exact) mass is 919 g/mol. The van der Waals surface area contributed by atoms with Gasteiger partial charge in [-0.2, -0.15) is 0 Å². The average Bonchev–Trinajstić information content (AvgIpc) is 3.29. The lowest BCUT2D eigenvalue weighted by atomic mass is 9.99. The van der Waals surface area contributed by atoms with E-state index in [0.717, 1.165) is 69.6 Å². The van der Waals surface area contributed by atoms with E-state index < -0.39 is 6.10 Å². The quantitative estimate of drug-likeness (QED) is 0.0344. The van der Waals surface area contributed by atoms with Gasteiger partial charge in [0.05, 0.1) is 0 Å². The van der Waals surface area contributed by atoms with E-state index in [1.165, 1.54) is 218 Å². The molecule has 0 aromatic heterocycles. The number of carbonyl (C=O) groups excluding carboxylic acids is 3. The first-order valence-electron chi connectivity index (χ1n) is 29.3. The molecule has 0 aliphatic rings. The van der Waals surface area contributed by atoms with Crippen LogP contribution in [0.25, 0.3) is 0 Å². The van der Waals surface area contributed by atoms with Crippen molar-refractivity contribution in [1.82, 2.24) is 0 Å². The van der Waals surface area contributed by atoms with E-state index in [1.54, 1.807) is 0 Å². The molecule has 0 radical (unpaired) electrons. The van der Waals surface area contributed by atoms with Gasteiger partial charge in [0.15, 0.2) is 6.10 Å². The van der Waals surface area contributed by atoms with Gasteiger partial charge in [-0.05, 0) is 31.1 Å². The van der Waals surface area contributed by atoms with Crippen LogP contribution in [0, 0.1) is 11.8 Å². The van der Waals surface area contributed by atoms with Crippen molar-refractivity contribution in [3.05, 3.63) is 0 Å². The second kappa shape index (κ2) is 51.8. The van der Waals surface area contributed by atoms with Gasteiger partial charge >= 0.3 is 17.9 Å². The molecule has 0 bridgehead atoms. The van der Waals surface area contributed by atoms with Gasteiger partial charge in [-0.3, -0.25) is 14.4 Å². The number of hydrogen-bond donors (Lipinski definition) is 0. The fourth-order valence-electron chi connectivity index (χ4n) is 9.02. The summed E-state index contributed by atoms with van der Waals surface area (Å²) in [6, 6.07) is 0. The van der Waals surface area contributed by atoms with Gasteiger partial charge in [-0.1, -0.05) is 291 Å². The van der Waals surface area contributed by atoms with Crippen molar-refractivity contribution in [2.45, 2.75) is 336 Å². The van der Waals surface area contributed by atoms with Crippen LogP contribution >= 0.6 is 0 Å². The minimum atomic E-state index is -0.762. The van der Waals surface area contributed by atoms with Crippen LogP contribution in [0.1, 0.15) is 330 Å². The summed E-state index contributed by atoms with van der Waals surface area (Å²) >= 11 is 0. The highest BCUT2D eigenvalue weighted by Gasteiger charge is 2.19. The molecule has 65 heavy (non-hydrogen) atoms. The zero-order chi connectivity index (χ0) is 47.5. The van der Waals surface area contributed by atoms with E-state index in [0.29, 0.717) is 19.3 Å². The first-order valence-corrected chi connectivity index (χ1v) is 29.3. The van der Waals surface area contributed by atoms with Crippen molar-refractivity contribution in [3.63, 3.8) is 0 Å². The standard InChI is InChI=1S/C59H114O6/c1-6-8-9-10-11-12-13-14-22-26-29-36-41-46-51-59(62)65-56(53-64-58(61)50-45-40-35-31-30-32-37-42-47-54(3)4)52-63-57(60)49-44-39-34-28-25-23-20-18-16-15-17-19-21-24-27-33-38-43-48-55(5)7-2/h54-56H,6-53H2,1-5H3/t55?,56-/m1/s1. The van der Waals surface area contributed by atoms with Crippen LogP contribution in [-0.4, -0.2) is 37.2 Å². The summed E-state index contributed by atoms with van der Waals surface area (Å²) in [6.45, 7) is 11.4. The molecule has 0 N–H and O–H groups in total. The fraction of sp³-hybridized carbons (Fsp3) is 0.949.